The van der Waals surface area contributed by atoms with Gasteiger partial charge in [0, 0.05) is 5.41 Å². The Bertz CT molecular complexity index is 2090. The second kappa shape index (κ2) is 27.5. The predicted octanol–water partition coefficient (Wildman–Crippen LogP) is 13.5. The van der Waals surface area contributed by atoms with Gasteiger partial charge in [-0.25, -0.2) is 4.57 Å². The molecule has 0 radical (unpaired) electrons. The first-order valence-electron chi connectivity index (χ1n) is 19.3. The van der Waals surface area contributed by atoms with Crippen LogP contribution in [0.15, 0.2) is 170 Å². The number of rotatable bonds is 13. The standard InChI is InChI=1S/C28H31O5P.C12H11O2P.C6H6O.C2H6.CH3N/c1-21(2)34(30,32-26-9-7-6-8-10-26)33-27-17-13-24(14-18-27)28(4,5)23-11-15-25(16-12-23)31-22(3)19-20-29;1-3-7-11(8-4-1)13-15-14-12-9-5-2-6-10-12;7-6-4-2-1-3-5-6;2*1-2/h6-18,21-22,29H,1-5H3;1-10,15H;1-5,7H;1-2H3;2H,1H2. The zero-order chi connectivity index (χ0) is 44.2. The number of ether oxygens (including phenoxy) is 1. The lowest BCUT2D eigenvalue weighted by Gasteiger charge is -2.27. The summed E-state index contributed by atoms with van der Waals surface area (Å²) in [5, 5.41) is 22.8. The first kappa shape index (κ1) is 50.0. The van der Waals surface area contributed by atoms with Crippen molar-refractivity contribution in [3.8, 4) is 46.5 Å². The van der Waals surface area contributed by atoms with Crippen LogP contribution >= 0.6 is 16.6 Å². The molecule has 0 aromatic heterocycles. The van der Waals surface area contributed by atoms with Gasteiger partial charge in [0.15, 0.2) is 6.10 Å². The summed E-state index contributed by atoms with van der Waals surface area (Å²) in [6, 6.07) is 52.5. The predicted molar refractivity (Wildman–Crippen MR) is 247 cm³/mol. The third-order valence-corrected chi connectivity index (χ3v) is 11.0. The molecule has 0 saturated heterocycles. The van der Waals surface area contributed by atoms with Crippen molar-refractivity contribution in [1.82, 2.24) is 0 Å². The van der Waals surface area contributed by atoms with Crippen molar-refractivity contribution in [3.63, 3.8) is 0 Å². The van der Waals surface area contributed by atoms with Gasteiger partial charge in [-0.1, -0.05) is 125 Å². The first-order chi connectivity index (χ1) is 29.0. The van der Waals surface area contributed by atoms with E-state index < -0.39 is 13.7 Å². The Morgan fingerprint density at radius 3 is 1.28 bits per heavy atom. The normalized spacial score (nSPS) is 11.4. The fourth-order valence-corrected chi connectivity index (χ4v) is 6.70. The summed E-state index contributed by atoms with van der Waals surface area (Å²) in [5.74, 6) is 6.22. The Morgan fingerprint density at radius 2 is 0.933 bits per heavy atom. The molecular weight excluding hydrogens is 792 g/mol. The summed E-state index contributed by atoms with van der Waals surface area (Å²) in [7, 11) is -3.42. The molecule has 0 fully saturated rings. The number of nitrogens with one attached hydrogen (secondary N) is 1. The van der Waals surface area contributed by atoms with Crippen molar-refractivity contribution >= 4 is 23.3 Å². The Kier molecular flexibility index (Phi) is 22.9. The average Bonchev–Trinajstić information content (AvgIpc) is 3.27. The molecule has 0 aliphatic carbocycles. The highest BCUT2D eigenvalue weighted by atomic mass is 31.2. The molecule has 0 spiro atoms. The van der Waals surface area contributed by atoms with Crippen LogP contribution in [0.2, 0.25) is 0 Å². The van der Waals surface area contributed by atoms with E-state index in [0.29, 0.717) is 23.0 Å². The van der Waals surface area contributed by atoms with Gasteiger partial charge in [-0.15, -0.1) is 0 Å². The zero-order valence-electron chi connectivity index (χ0n) is 35.3. The Balaban J connectivity index is 0.000000388. The largest absolute Gasteiger partial charge is 0.508 e. The molecule has 0 aliphatic heterocycles. The number of para-hydroxylation sites is 4. The first-order valence-corrected chi connectivity index (χ1v) is 21.8. The number of hydrogen-bond acceptors (Lipinski definition) is 9. The smallest absolute Gasteiger partial charge is 0.433 e. The van der Waals surface area contributed by atoms with Crippen LogP contribution in [-0.2, 0) is 9.98 Å². The molecule has 0 aliphatic rings. The molecule has 9 nitrogen and oxygen atoms in total. The van der Waals surface area contributed by atoms with Crippen LogP contribution in [0, 0.1) is 17.4 Å². The van der Waals surface area contributed by atoms with E-state index >= 15 is 0 Å². The van der Waals surface area contributed by atoms with E-state index in [4.69, 9.17) is 38.5 Å². The Labute approximate surface area is 358 Å². The van der Waals surface area contributed by atoms with E-state index in [0.717, 1.165) is 22.6 Å². The van der Waals surface area contributed by atoms with E-state index in [2.05, 4.69) is 26.5 Å². The van der Waals surface area contributed by atoms with Crippen LogP contribution in [0.3, 0.4) is 0 Å². The molecule has 0 amide bonds. The average molecular weight is 850 g/mol. The summed E-state index contributed by atoms with van der Waals surface area (Å²) in [6.45, 7) is 16.2. The van der Waals surface area contributed by atoms with Gasteiger partial charge in [0.25, 0.3) is 9.03 Å². The molecule has 6 aromatic rings. The minimum absolute atomic E-state index is 0.0129. The SMILES string of the molecule is C=N.CC.CC(C#CO)Oc1ccc(C(C)(C)c2ccc(OP(=O)(Oc3ccccc3)C(C)C)cc2)cc1.Oc1ccccc1.c1ccc(OPOc2ccccc2)cc1. The third kappa shape index (κ3) is 17.7. The molecule has 0 saturated carbocycles. The van der Waals surface area contributed by atoms with E-state index in [1.165, 1.54) is 0 Å². The monoisotopic (exact) mass is 849 g/mol. The molecule has 316 valence electrons. The summed E-state index contributed by atoms with van der Waals surface area (Å²) in [4.78, 5) is 0. The summed E-state index contributed by atoms with van der Waals surface area (Å²) < 4.78 is 41.6. The van der Waals surface area contributed by atoms with Crippen molar-refractivity contribution < 1.29 is 37.6 Å². The lowest BCUT2D eigenvalue weighted by molar-refractivity contribution is 0.277. The van der Waals surface area contributed by atoms with Crippen LogP contribution in [0.1, 0.15) is 59.6 Å². The molecule has 2 atom stereocenters. The molecule has 2 unspecified atom stereocenters. The van der Waals surface area contributed by atoms with Crippen LogP contribution in [0.4, 0.5) is 0 Å². The number of aromatic hydroxyl groups is 1. The van der Waals surface area contributed by atoms with Gasteiger partial charge >= 0.3 is 7.60 Å². The lowest BCUT2D eigenvalue weighted by Crippen LogP contribution is -2.19. The van der Waals surface area contributed by atoms with E-state index in [1.807, 2.05) is 167 Å². The van der Waals surface area contributed by atoms with Gasteiger partial charge in [0.1, 0.15) is 40.6 Å². The van der Waals surface area contributed by atoms with Crippen LogP contribution < -0.4 is 22.8 Å². The fourth-order valence-electron chi connectivity index (χ4n) is 4.90. The molecule has 3 N–H and O–H groups in total. The molecule has 0 heterocycles. The Morgan fingerprint density at radius 1 is 0.583 bits per heavy atom. The number of aliphatic hydroxyl groups is 1. The number of aliphatic hydroxyl groups excluding tert-OH is 1. The quantitative estimate of drug-likeness (QED) is 0.0595. The zero-order valence-corrected chi connectivity index (χ0v) is 37.2. The van der Waals surface area contributed by atoms with Gasteiger partial charge in [-0.05, 0) is 117 Å². The van der Waals surface area contributed by atoms with Gasteiger partial charge < -0.3 is 38.5 Å². The molecule has 11 heteroatoms. The van der Waals surface area contributed by atoms with Crippen molar-refractivity contribution in [2.24, 2.45) is 0 Å². The van der Waals surface area contributed by atoms with E-state index in [-0.39, 0.29) is 20.1 Å². The van der Waals surface area contributed by atoms with Crippen LogP contribution in [0.25, 0.3) is 0 Å². The summed E-state index contributed by atoms with van der Waals surface area (Å²) in [5.41, 5.74) is 1.59. The molecule has 60 heavy (non-hydrogen) atoms. The number of phenolic OH excluding ortho intramolecular Hbond substituents is 1. The van der Waals surface area contributed by atoms with E-state index in [9.17, 15) is 4.57 Å². The number of hydrogen-bond donors (Lipinski definition) is 3. The van der Waals surface area contributed by atoms with Gasteiger partial charge in [-0.3, -0.25) is 0 Å². The lowest BCUT2D eigenvalue weighted by atomic mass is 9.78. The topological polar surface area (TPSA) is 128 Å². The molecule has 6 aromatic carbocycles. The number of benzene rings is 6. The van der Waals surface area contributed by atoms with Crippen molar-refractivity contribution in [1.29, 1.82) is 5.41 Å². The second-order valence-electron chi connectivity index (χ2n) is 13.1. The van der Waals surface area contributed by atoms with E-state index in [1.54, 1.807) is 43.3 Å². The van der Waals surface area contributed by atoms with Crippen molar-refractivity contribution in [2.75, 3.05) is 0 Å². The maximum Gasteiger partial charge on any atom is 0.433 e. The maximum atomic E-state index is 13.4. The minimum Gasteiger partial charge on any atom is -0.508 e. The molecule has 6 rings (SSSR count). The van der Waals surface area contributed by atoms with Gasteiger partial charge in [0.2, 0.25) is 0 Å². The highest BCUT2D eigenvalue weighted by Gasteiger charge is 2.33. The highest BCUT2D eigenvalue weighted by molar-refractivity contribution is 7.55. The van der Waals surface area contributed by atoms with Gasteiger partial charge in [-0.2, -0.15) is 0 Å². The fraction of sp³-hybridized carbons (Fsp3) is 0.204. The maximum absolute atomic E-state index is 13.4. The van der Waals surface area contributed by atoms with Crippen LogP contribution in [0.5, 0.6) is 34.5 Å². The minimum atomic E-state index is -3.41. The van der Waals surface area contributed by atoms with Crippen LogP contribution in [-0.4, -0.2) is 28.7 Å². The van der Waals surface area contributed by atoms with Gasteiger partial charge in [0.05, 0.1) is 5.66 Å². The second-order valence-corrected chi connectivity index (χ2v) is 16.1. The Hall–Kier alpha value is -6.19. The molecule has 0 bridgehead atoms. The van der Waals surface area contributed by atoms with Crippen molar-refractivity contribution in [2.45, 2.75) is 65.6 Å². The summed E-state index contributed by atoms with van der Waals surface area (Å²) in [6.07, 6.45) is 1.47. The third-order valence-electron chi connectivity index (χ3n) is 8.14. The number of phenols is 1. The van der Waals surface area contributed by atoms with Crippen molar-refractivity contribution in [3.05, 3.63) is 181 Å². The highest BCUT2D eigenvalue weighted by Crippen LogP contribution is 2.52. The summed E-state index contributed by atoms with van der Waals surface area (Å²) >= 11 is 0. The molecular formula is C49H57NO8P2.